The van der Waals surface area contributed by atoms with E-state index in [1.54, 1.807) is 6.07 Å². The van der Waals surface area contributed by atoms with E-state index in [1.165, 1.54) is 5.56 Å². The molecule has 98 valence electrons. The van der Waals surface area contributed by atoms with Gasteiger partial charge in [0, 0.05) is 11.4 Å². The molecule has 0 aliphatic heterocycles. The van der Waals surface area contributed by atoms with Gasteiger partial charge in [-0.15, -0.1) is 0 Å². The number of rotatable bonds is 3. The van der Waals surface area contributed by atoms with Gasteiger partial charge in [0.1, 0.15) is 0 Å². The molecule has 0 atom stereocenters. The fourth-order valence-corrected chi connectivity index (χ4v) is 1.86. The van der Waals surface area contributed by atoms with Gasteiger partial charge in [-0.3, -0.25) is 4.79 Å². The van der Waals surface area contributed by atoms with E-state index in [1.807, 2.05) is 50.2 Å². The third kappa shape index (κ3) is 3.58. The number of aryl methyl sites for hydroxylation is 2. The van der Waals surface area contributed by atoms with E-state index < -0.39 is 0 Å². The van der Waals surface area contributed by atoms with Crippen LogP contribution in [-0.2, 0) is 11.2 Å². The van der Waals surface area contributed by atoms with Gasteiger partial charge in [0.05, 0.1) is 6.42 Å². The fourth-order valence-electron chi connectivity index (χ4n) is 1.86. The normalized spacial score (nSPS) is 10.2. The molecule has 0 spiro atoms. The second-order valence-electron chi connectivity index (χ2n) is 4.78. The van der Waals surface area contributed by atoms with Gasteiger partial charge in [0.2, 0.25) is 5.91 Å². The topological polar surface area (TPSA) is 55.1 Å². The molecule has 2 aromatic carbocycles. The SMILES string of the molecule is Cc1ccc(CC(=O)Nc2cc(N)ccc2C)cc1. The van der Waals surface area contributed by atoms with Crippen LogP contribution in [0.3, 0.4) is 0 Å². The number of nitrogens with one attached hydrogen (secondary N) is 1. The molecule has 19 heavy (non-hydrogen) atoms. The highest BCUT2D eigenvalue weighted by Gasteiger charge is 2.06. The molecule has 0 fully saturated rings. The summed E-state index contributed by atoms with van der Waals surface area (Å²) in [6, 6.07) is 13.5. The van der Waals surface area contributed by atoms with Crippen molar-refractivity contribution in [1.29, 1.82) is 0 Å². The summed E-state index contributed by atoms with van der Waals surface area (Å²) in [7, 11) is 0. The zero-order valence-corrected chi connectivity index (χ0v) is 11.2. The van der Waals surface area contributed by atoms with E-state index in [4.69, 9.17) is 5.73 Å². The smallest absolute Gasteiger partial charge is 0.228 e. The van der Waals surface area contributed by atoms with Crippen LogP contribution in [0.2, 0.25) is 0 Å². The van der Waals surface area contributed by atoms with Gasteiger partial charge >= 0.3 is 0 Å². The minimum atomic E-state index is -0.0300. The van der Waals surface area contributed by atoms with Gasteiger partial charge < -0.3 is 11.1 Å². The standard InChI is InChI=1S/C16H18N2O/c1-11-3-6-13(7-4-11)9-16(19)18-15-10-14(17)8-5-12(15)2/h3-8,10H,9,17H2,1-2H3,(H,18,19). The lowest BCUT2D eigenvalue weighted by atomic mass is 10.1. The number of carbonyl (C=O) groups is 1. The molecule has 3 N–H and O–H groups in total. The minimum absolute atomic E-state index is 0.0300. The van der Waals surface area contributed by atoms with Crippen molar-refractivity contribution in [3.63, 3.8) is 0 Å². The van der Waals surface area contributed by atoms with Crippen LogP contribution in [0, 0.1) is 13.8 Å². The Bertz CT molecular complexity index is 588. The van der Waals surface area contributed by atoms with Crippen LogP contribution in [0.1, 0.15) is 16.7 Å². The number of amides is 1. The molecule has 0 saturated heterocycles. The van der Waals surface area contributed by atoms with Crippen LogP contribution in [0.25, 0.3) is 0 Å². The van der Waals surface area contributed by atoms with Crippen molar-refractivity contribution in [3.8, 4) is 0 Å². The Labute approximate surface area is 113 Å². The summed E-state index contributed by atoms with van der Waals surface area (Å²) < 4.78 is 0. The van der Waals surface area contributed by atoms with Gasteiger partial charge in [0.25, 0.3) is 0 Å². The van der Waals surface area contributed by atoms with Crippen molar-refractivity contribution in [2.45, 2.75) is 20.3 Å². The summed E-state index contributed by atoms with van der Waals surface area (Å²) in [4.78, 5) is 12.0. The second-order valence-corrected chi connectivity index (χ2v) is 4.78. The molecule has 0 aliphatic carbocycles. The van der Waals surface area contributed by atoms with Gasteiger partial charge in [-0.25, -0.2) is 0 Å². The van der Waals surface area contributed by atoms with Crippen LogP contribution in [-0.4, -0.2) is 5.91 Å². The monoisotopic (exact) mass is 254 g/mol. The van der Waals surface area contributed by atoms with Crippen LogP contribution in [0.15, 0.2) is 42.5 Å². The zero-order chi connectivity index (χ0) is 13.8. The summed E-state index contributed by atoms with van der Waals surface area (Å²) in [5.74, 6) is -0.0300. The first kappa shape index (κ1) is 13.1. The molecule has 3 nitrogen and oxygen atoms in total. The number of carbonyl (C=O) groups excluding carboxylic acids is 1. The van der Waals surface area contributed by atoms with Crippen molar-refractivity contribution in [1.82, 2.24) is 0 Å². The first-order chi connectivity index (χ1) is 9.04. The molecule has 0 unspecified atom stereocenters. The first-order valence-corrected chi connectivity index (χ1v) is 6.26. The zero-order valence-electron chi connectivity index (χ0n) is 11.2. The number of anilines is 2. The Hall–Kier alpha value is -2.29. The maximum atomic E-state index is 12.0. The highest BCUT2D eigenvalue weighted by Crippen LogP contribution is 2.18. The van der Waals surface area contributed by atoms with E-state index in [2.05, 4.69) is 5.32 Å². The van der Waals surface area contributed by atoms with E-state index >= 15 is 0 Å². The van der Waals surface area contributed by atoms with Crippen molar-refractivity contribution >= 4 is 17.3 Å². The Balaban J connectivity index is 2.05. The molecule has 0 heterocycles. The van der Waals surface area contributed by atoms with Gasteiger partial charge in [-0.2, -0.15) is 0 Å². The quantitative estimate of drug-likeness (QED) is 0.827. The fraction of sp³-hybridized carbons (Fsp3) is 0.188. The number of nitrogens with two attached hydrogens (primary N) is 1. The minimum Gasteiger partial charge on any atom is -0.399 e. The molecule has 0 saturated carbocycles. The van der Waals surface area contributed by atoms with Gasteiger partial charge in [-0.05, 0) is 37.1 Å². The molecular formula is C16H18N2O. The Morgan fingerprint density at radius 2 is 1.79 bits per heavy atom. The van der Waals surface area contributed by atoms with Crippen LogP contribution < -0.4 is 11.1 Å². The van der Waals surface area contributed by atoms with Crippen molar-refractivity contribution in [3.05, 3.63) is 59.2 Å². The highest BCUT2D eigenvalue weighted by atomic mass is 16.1. The second kappa shape index (κ2) is 5.57. The van der Waals surface area contributed by atoms with Gasteiger partial charge in [-0.1, -0.05) is 35.9 Å². The molecule has 0 radical (unpaired) electrons. The van der Waals surface area contributed by atoms with Gasteiger partial charge in [0.15, 0.2) is 0 Å². The number of benzene rings is 2. The van der Waals surface area contributed by atoms with Crippen molar-refractivity contribution in [2.24, 2.45) is 0 Å². The predicted molar refractivity (Wildman–Crippen MR) is 79.1 cm³/mol. The van der Waals surface area contributed by atoms with Crippen LogP contribution >= 0.6 is 0 Å². The lowest BCUT2D eigenvalue weighted by Gasteiger charge is -2.09. The van der Waals surface area contributed by atoms with E-state index in [9.17, 15) is 4.79 Å². The third-order valence-electron chi connectivity index (χ3n) is 3.02. The molecule has 0 aliphatic rings. The summed E-state index contributed by atoms with van der Waals surface area (Å²) in [6.45, 7) is 3.97. The Kier molecular flexibility index (Phi) is 3.85. The number of nitrogen functional groups attached to an aromatic ring is 1. The number of hydrogen-bond donors (Lipinski definition) is 2. The average molecular weight is 254 g/mol. The molecule has 2 aromatic rings. The summed E-state index contributed by atoms with van der Waals surface area (Å²) in [5, 5.41) is 2.90. The lowest BCUT2D eigenvalue weighted by molar-refractivity contribution is -0.115. The molecule has 0 aromatic heterocycles. The van der Waals surface area contributed by atoms with E-state index in [-0.39, 0.29) is 5.91 Å². The van der Waals surface area contributed by atoms with E-state index in [0.717, 1.165) is 16.8 Å². The largest absolute Gasteiger partial charge is 0.399 e. The van der Waals surface area contributed by atoms with Crippen LogP contribution in [0.4, 0.5) is 11.4 Å². The Morgan fingerprint density at radius 3 is 2.47 bits per heavy atom. The molecule has 0 bridgehead atoms. The van der Waals surface area contributed by atoms with E-state index in [0.29, 0.717) is 12.1 Å². The summed E-state index contributed by atoms with van der Waals surface area (Å²) in [6.07, 6.45) is 0.370. The first-order valence-electron chi connectivity index (χ1n) is 6.26. The predicted octanol–water partition coefficient (Wildman–Crippen LogP) is 3.07. The summed E-state index contributed by atoms with van der Waals surface area (Å²) in [5.41, 5.74) is 10.3. The van der Waals surface area contributed by atoms with Crippen molar-refractivity contribution in [2.75, 3.05) is 11.1 Å². The molecule has 3 heteroatoms. The maximum absolute atomic E-state index is 12.0. The molecule has 2 rings (SSSR count). The third-order valence-corrected chi connectivity index (χ3v) is 3.02. The molecular weight excluding hydrogens is 236 g/mol. The molecule has 1 amide bonds. The van der Waals surface area contributed by atoms with Crippen molar-refractivity contribution < 1.29 is 4.79 Å². The Morgan fingerprint density at radius 1 is 1.11 bits per heavy atom. The average Bonchev–Trinajstić information content (AvgIpc) is 2.37. The maximum Gasteiger partial charge on any atom is 0.228 e. The summed E-state index contributed by atoms with van der Waals surface area (Å²) >= 11 is 0. The number of hydrogen-bond acceptors (Lipinski definition) is 2. The lowest BCUT2D eigenvalue weighted by Crippen LogP contribution is -2.15. The highest BCUT2D eigenvalue weighted by molar-refractivity contribution is 5.93. The van der Waals surface area contributed by atoms with Crippen LogP contribution in [0.5, 0.6) is 0 Å².